The third-order valence-electron chi connectivity index (χ3n) is 2.82. The van der Waals surface area contributed by atoms with Crippen molar-refractivity contribution in [1.29, 1.82) is 0 Å². The second kappa shape index (κ2) is 8.64. The molecule has 1 heterocycles. The van der Waals surface area contributed by atoms with E-state index in [0.29, 0.717) is 5.69 Å². The van der Waals surface area contributed by atoms with Crippen LogP contribution in [0.15, 0.2) is 30.3 Å². The second-order valence-corrected chi connectivity index (χ2v) is 6.66. The highest BCUT2D eigenvalue weighted by Gasteiger charge is 2.19. The SMILES string of the molecule is CCOC(=O)c1cccc(OS(=O)(=O)NC(=O)Nc2nc(C)cc(Cl)n2)c1. The molecule has 2 aromatic rings. The topological polar surface area (TPSA) is 137 Å². The maximum absolute atomic E-state index is 12.0. The quantitative estimate of drug-likeness (QED) is 0.541. The highest BCUT2D eigenvalue weighted by molar-refractivity contribution is 7.85. The first-order valence-corrected chi connectivity index (χ1v) is 9.28. The number of ether oxygens (including phenoxy) is 1. The Bertz CT molecular complexity index is 946. The molecule has 0 saturated carbocycles. The second-order valence-electron chi connectivity index (χ2n) is 5.00. The van der Waals surface area contributed by atoms with Gasteiger partial charge in [-0.2, -0.15) is 8.42 Å². The first-order chi connectivity index (χ1) is 12.7. The monoisotopic (exact) mass is 414 g/mol. The average molecular weight is 415 g/mol. The fourth-order valence-electron chi connectivity index (χ4n) is 1.86. The lowest BCUT2D eigenvalue weighted by Crippen LogP contribution is -2.37. The highest BCUT2D eigenvalue weighted by Crippen LogP contribution is 2.16. The summed E-state index contributed by atoms with van der Waals surface area (Å²) in [6, 6.07) is 5.59. The van der Waals surface area contributed by atoms with Gasteiger partial charge < -0.3 is 8.92 Å². The summed E-state index contributed by atoms with van der Waals surface area (Å²) < 4.78 is 35.1. The Hall–Kier alpha value is -2.92. The fraction of sp³-hybridized carbons (Fsp3) is 0.200. The molecule has 0 saturated heterocycles. The molecule has 0 aliphatic heterocycles. The van der Waals surface area contributed by atoms with Gasteiger partial charge in [0.25, 0.3) is 0 Å². The maximum Gasteiger partial charge on any atom is 0.411 e. The molecule has 2 amide bonds. The zero-order chi connectivity index (χ0) is 20.0. The van der Waals surface area contributed by atoms with Crippen LogP contribution in [0.1, 0.15) is 23.0 Å². The van der Waals surface area contributed by atoms with E-state index in [4.69, 9.17) is 20.5 Å². The van der Waals surface area contributed by atoms with Crippen LogP contribution in [-0.4, -0.2) is 37.0 Å². The van der Waals surface area contributed by atoms with E-state index in [1.807, 2.05) is 0 Å². The predicted octanol–water partition coefficient (Wildman–Crippen LogP) is 2.06. The molecule has 0 spiro atoms. The summed E-state index contributed by atoms with van der Waals surface area (Å²) in [7, 11) is -4.53. The van der Waals surface area contributed by atoms with Crippen molar-refractivity contribution in [3.8, 4) is 5.75 Å². The molecule has 2 rings (SSSR count). The number of hydrogen-bond donors (Lipinski definition) is 2. The standard InChI is InChI=1S/C15H15ClN4O6S/c1-3-25-13(21)10-5-4-6-11(8-10)26-27(23,24)20-15(22)19-14-17-9(2)7-12(16)18-14/h4-8H,3H2,1-2H3,(H2,17,18,19,20,22). The zero-order valence-electron chi connectivity index (χ0n) is 14.2. The van der Waals surface area contributed by atoms with E-state index in [-0.39, 0.29) is 29.0 Å². The van der Waals surface area contributed by atoms with Gasteiger partial charge in [0.1, 0.15) is 10.9 Å². The van der Waals surface area contributed by atoms with Gasteiger partial charge >= 0.3 is 22.3 Å². The predicted molar refractivity (Wildman–Crippen MR) is 95.9 cm³/mol. The molecule has 10 nitrogen and oxygen atoms in total. The molecule has 0 aliphatic carbocycles. The van der Waals surface area contributed by atoms with Gasteiger partial charge in [0.05, 0.1) is 12.2 Å². The van der Waals surface area contributed by atoms with Crippen LogP contribution in [0.3, 0.4) is 0 Å². The Morgan fingerprint density at radius 2 is 1.96 bits per heavy atom. The van der Waals surface area contributed by atoms with E-state index >= 15 is 0 Å². The maximum atomic E-state index is 12.0. The van der Waals surface area contributed by atoms with Crippen molar-refractivity contribution in [3.05, 3.63) is 46.7 Å². The zero-order valence-corrected chi connectivity index (χ0v) is 15.8. The van der Waals surface area contributed by atoms with Crippen molar-refractivity contribution in [2.24, 2.45) is 0 Å². The van der Waals surface area contributed by atoms with E-state index in [2.05, 4.69) is 15.3 Å². The summed E-state index contributed by atoms with van der Waals surface area (Å²) in [4.78, 5) is 31.1. The molecule has 0 aliphatic rings. The van der Waals surface area contributed by atoms with Gasteiger partial charge in [-0.25, -0.2) is 24.3 Å². The number of hydrogen-bond acceptors (Lipinski definition) is 8. The Labute approximate surface area is 160 Å². The number of amides is 2. The summed E-state index contributed by atoms with van der Waals surface area (Å²) in [5.41, 5.74) is 0.567. The van der Waals surface area contributed by atoms with Crippen LogP contribution in [0.5, 0.6) is 5.75 Å². The number of nitrogens with zero attached hydrogens (tertiary/aromatic N) is 2. The van der Waals surface area contributed by atoms with E-state index < -0.39 is 22.3 Å². The normalized spacial score (nSPS) is 10.8. The summed E-state index contributed by atoms with van der Waals surface area (Å²) in [6.45, 7) is 3.42. The lowest BCUT2D eigenvalue weighted by molar-refractivity contribution is 0.0526. The van der Waals surface area contributed by atoms with Gasteiger partial charge in [0.15, 0.2) is 0 Å². The van der Waals surface area contributed by atoms with Crippen molar-refractivity contribution in [1.82, 2.24) is 14.7 Å². The van der Waals surface area contributed by atoms with Crippen LogP contribution >= 0.6 is 11.6 Å². The number of carbonyl (C=O) groups is 2. The number of halogens is 1. The number of benzene rings is 1. The molecule has 0 atom stereocenters. The summed E-state index contributed by atoms with van der Waals surface area (Å²) in [5.74, 6) is -1.01. The van der Waals surface area contributed by atoms with Crippen LogP contribution in [0.2, 0.25) is 5.15 Å². The molecule has 0 fully saturated rings. The summed E-state index contributed by atoms with van der Waals surface area (Å²) in [5, 5.41) is 2.20. The number of nitrogens with one attached hydrogen (secondary N) is 2. The average Bonchev–Trinajstić information content (AvgIpc) is 2.53. The van der Waals surface area contributed by atoms with Gasteiger partial charge in [0, 0.05) is 5.69 Å². The van der Waals surface area contributed by atoms with Crippen molar-refractivity contribution in [3.63, 3.8) is 0 Å². The van der Waals surface area contributed by atoms with Crippen LogP contribution < -0.4 is 14.2 Å². The van der Waals surface area contributed by atoms with Crippen molar-refractivity contribution in [2.45, 2.75) is 13.8 Å². The van der Waals surface area contributed by atoms with Crippen LogP contribution in [0, 0.1) is 6.92 Å². The Balaban J connectivity index is 2.05. The minimum absolute atomic E-state index is 0.0766. The molecule has 0 bridgehead atoms. The van der Waals surface area contributed by atoms with Crippen molar-refractivity contribution >= 4 is 39.9 Å². The number of esters is 1. The van der Waals surface area contributed by atoms with Gasteiger partial charge in [-0.1, -0.05) is 17.7 Å². The lowest BCUT2D eigenvalue weighted by Gasteiger charge is -2.10. The molecule has 0 radical (unpaired) electrons. The number of anilines is 1. The van der Waals surface area contributed by atoms with Crippen molar-refractivity contribution in [2.75, 3.05) is 11.9 Å². The molecule has 144 valence electrons. The molecule has 1 aromatic heterocycles. The minimum atomic E-state index is -4.53. The van der Waals surface area contributed by atoms with Crippen LogP contribution in [-0.2, 0) is 15.0 Å². The third-order valence-corrected chi connectivity index (χ3v) is 3.86. The van der Waals surface area contributed by atoms with Gasteiger partial charge in [0.2, 0.25) is 5.95 Å². The Morgan fingerprint density at radius 1 is 1.22 bits per heavy atom. The largest absolute Gasteiger partial charge is 0.462 e. The number of carbonyl (C=O) groups excluding carboxylic acids is 2. The molecular formula is C15H15ClN4O6S. The third kappa shape index (κ3) is 6.38. The minimum Gasteiger partial charge on any atom is -0.462 e. The van der Waals surface area contributed by atoms with Crippen molar-refractivity contribution < 1.29 is 26.9 Å². The summed E-state index contributed by atoms with van der Waals surface area (Å²) >= 11 is 5.73. The first kappa shape index (κ1) is 20.4. The van der Waals surface area contributed by atoms with Gasteiger partial charge in [-0.15, -0.1) is 0 Å². The fourth-order valence-corrected chi connectivity index (χ4v) is 2.78. The molecule has 12 heteroatoms. The first-order valence-electron chi connectivity index (χ1n) is 7.50. The Morgan fingerprint density at radius 3 is 2.63 bits per heavy atom. The molecule has 1 aromatic carbocycles. The Kier molecular flexibility index (Phi) is 6.53. The molecular weight excluding hydrogens is 400 g/mol. The van der Waals surface area contributed by atoms with E-state index in [9.17, 15) is 18.0 Å². The number of aryl methyl sites for hydroxylation is 1. The number of rotatable bonds is 6. The van der Waals surface area contributed by atoms with Gasteiger partial charge in [-0.05, 0) is 38.1 Å². The summed E-state index contributed by atoms with van der Waals surface area (Å²) in [6.07, 6.45) is 0. The van der Waals surface area contributed by atoms with E-state index in [0.717, 1.165) is 0 Å². The van der Waals surface area contributed by atoms with Crippen LogP contribution in [0.25, 0.3) is 0 Å². The number of aromatic nitrogens is 2. The lowest BCUT2D eigenvalue weighted by atomic mass is 10.2. The van der Waals surface area contributed by atoms with Crippen LogP contribution in [0.4, 0.5) is 10.7 Å². The smallest absolute Gasteiger partial charge is 0.411 e. The van der Waals surface area contributed by atoms with E-state index in [1.165, 1.54) is 30.3 Å². The van der Waals surface area contributed by atoms with Gasteiger partial charge in [-0.3, -0.25) is 5.32 Å². The van der Waals surface area contributed by atoms with E-state index in [1.54, 1.807) is 18.6 Å². The molecule has 0 unspecified atom stereocenters. The molecule has 27 heavy (non-hydrogen) atoms. The molecule has 2 N–H and O–H groups in total. The highest BCUT2D eigenvalue weighted by atomic mass is 35.5. The number of urea groups is 1.